The van der Waals surface area contributed by atoms with Crippen molar-refractivity contribution < 1.29 is 14.1 Å². The van der Waals surface area contributed by atoms with Crippen LogP contribution < -0.4 is 10.2 Å². The van der Waals surface area contributed by atoms with E-state index in [1.54, 1.807) is 18.1 Å². The Morgan fingerprint density at radius 2 is 2.00 bits per heavy atom. The van der Waals surface area contributed by atoms with E-state index in [0.29, 0.717) is 19.0 Å². The highest BCUT2D eigenvalue weighted by Crippen LogP contribution is 2.33. The van der Waals surface area contributed by atoms with Gasteiger partial charge in [-0.1, -0.05) is 5.16 Å². The molecule has 9 nitrogen and oxygen atoms in total. The van der Waals surface area contributed by atoms with E-state index in [9.17, 15) is 9.59 Å². The monoisotopic (exact) mass is 370 g/mol. The third-order valence-electron chi connectivity index (χ3n) is 5.27. The average Bonchev–Trinajstić information content (AvgIpc) is 3.48. The third kappa shape index (κ3) is 3.36. The quantitative estimate of drug-likeness (QED) is 0.843. The topological polar surface area (TPSA) is 104 Å². The lowest BCUT2D eigenvalue weighted by Gasteiger charge is -2.19. The molecule has 2 aliphatic heterocycles. The van der Waals surface area contributed by atoms with Crippen molar-refractivity contribution in [1.29, 1.82) is 0 Å². The number of nitrogens with one attached hydrogen (secondary N) is 1. The molecule has 2 fully saturated rings. The van der Waals surface area contributed by atoms with Crippen LogP contribution in [0.2, 0.25) is 0 Å². The van der Waals surface area contributed by atoms with Crippen LogP contribution in [0.25, 0.3) is 0 Å². The molecule has 0 aliphatic carbocycles. The molecule has 2 saturated heterocycles. The van der Waals surface area contributed by atoms with E-state index in [4.69, 9.17) is 9.51 Å². The first kappa shape index (κ1) is 17.4. The first-order chi connectivity index (χ1) is 13.2. The van der Waals surface area contributed by atoms with Crippen molar-refractivity contribution in [3.63, 3.8) is 0 Å². The first-order valence-corrected chi connectivity index (χ1v) is 9.17. The van der Waals surface area contributed by atoms with Crippen molar-refractivity contribution in [2.45, 2.75) is 18.8 Å². The predicted octanol–water partition coefficient (Wildman–Crippen LogP) is 0.667. The Labute approximate surface area is 156 Å². The highest BCUT2D eigenvalue weighted by atomic mass is 16.5. The minimum atomic E-state index is -0.372. The van der Waals surface area contributed by atoms with Gasteiger partial charge >= 0.3 is 0 Å². The molecule has 4 rings (SSSR count). The molecule has 1 N–H and O–H groups in total. The largest absolute Gasteiger partial charge is 0.359 e. The fourth-order valence-corrected chi connectivity index (χ4v) is 3.84. The summed E-state index contributed by atoms with van der Waals surface area (Å²) in [5.74, 6) is -0.0660. The second-order valence-corrected chi connectivity index (χ2v) is 6.89. The molecule has 0 saturated carbocycles. The van der Waals surface area contributed by atoms with Crippen molar-refractivity contribution >= 4 is 17.8 Å². The summed E-state index contributed by atoms with van der Waals surface area (Å²) in [6, 6.07) is 3.36. The number of rotatable bonds is 4. The summed E-state index contributed by atoms with van der Waals surface area (Å²) in [6.07, 6.45) is 5.44. The van der Waals surface area contributed by atoms with E-state index in [0.717, 1.165) is 31.6 Å². The number of hydrogen-bond acceptors (Lipinski definition) is 7. The van der Waals surface area contributed by atoms with Crippen molar-refractivity contribution in [2.24, 2.45) is 5.92 Å². The average molecular weight is 370 g/mol. The number of hydrogen-bond donors (Lipinski definition) is 1. The number of carbonyl (C=O) groups is 2. The van der Waals surface area contributed by atoms with E-state index < -0.39 is 0 Å². The molecule has 2 aliphatic rings. The normalized spacial score (nSPS) is 22.3. The number of anilines is 1. The molecule has 2 aromatic rings. The van der Waals surface area contributed by atoms with Gasteiger partial charge in [0.2, 0.25) is 17.6 Å². The summed E-state index contributed by atoms with van der Waals surface area (Å²) >= 11 is 0. The lowest BCUT2D eigenvalue weighted by atomic mass is 9.92. The number of nitrogens with zero attached hydrogens (tertiary/aromatic N) is 5. The van der Waals surface area contributed by atoms with E-state index in [2.05, 4.69) is 20.4 Å². The zero-order valence-corrected chi connectivity index (χ0v) is 15.2. The fourth-order valence-electron chi connectivity index (χ4n) is 3.84. The highest BCUT2D eigenvalue weighted by molar-refractivity contribution is 5.92. The number of aromatic nitrogens is 3. The van der Waals surface area contributed by atoms with Crippen LogP contribution in [0.1, 0.15) is 35.0 Å². The number of likely N-dealkylation sites (tertiary alicyclic amines) is 1. The Morgan fingerprint density at radius 3 is 2.70 bits per heavy atom. The second kappa shape index (κ2) is 7.34. The number of amides is 2. The zero-order chi connectivity index (χ0) is 18.8. The minimum absolute atomic E-state index is 0.103. The Bertz CT molecular complexity index is 818. The van der Waals surface area contributed by atoms with Crippen LogP contribution in [-0.2, 0) is 4.79 Å². The molecule has 0 unspecified atom stereocenters. The maximum atomic E-state index is 12.6. The summed E-state index contributed by atoms with van der Waals surface area (Å²) in [4.78, 5) is 38.0. The van der Waals surface area contributed by atoms with E-state index in [1.165, 1.54) is 12.3 Å². The van der Waals surface area contributed by atoms with Crippen LogP contribution >= 0.6 is 0 Å². The summed E-state index contributed by atoms with van der Waals surface area (Å²) in [5, 5.41) is 6.29. The maximum absolute atomic E-state index is 12.6. The van der Waals surface area contributed by atoms with Gasteiger partial charge in [0.05, 0.1) is 17.8 Å². The maximum Gasteiger partial charge on any atom is 0.292 e. The molecule has 0 aromatic carbocycles. The molecule has 0 bridgehead atoms. The minimum Gasteiger partial charge on any atom is -0.359 e. The van der Waals surface area contributed by atoms with E-state index in [1.807, 2.05) is 6.07 Å². The summed E-state index contributed by atoms with van der Waals surface area (Å²) < 4.78 is 4.98. The van der Waals surface area contributed by atoms with Crippen molar-refractivity contribution in [1.82, 2.24) is 25.3 Å². The van der Waals surface area contributed by atoms with Crippen molar-refractivity contribution in [2.75, 3.05) is 38.1 Å². The molecule has 9 heteroatoms. The Kier molecular flexibility index (Phi) is 4.74. The molecule has 0 radical (unpaired) electrons. The molecular weight excluding hydrogens is 348 g/mol. The Hall–Kier alpha value is -2.97. The van der Waals surface area contributed by atoms with Gasteiger partial charge in [0.25, 0.3) is 5.91 Å². The van der Waals surface area contributed by atoms with Crippen molar-refractivity contribution in [3.05, 3.63) is 36.0 Å². The van der Waals surface area contributed by atoms with Crippen LogP contribution in [0, 0.1) is 5.92 Å². The SMILES string of the molecule is CNC(=O)[C@@H]1CN(C(=O)c2ccno2)C[C@H]1c1ccnc(N2CCCC2)n1. The smallest absolute Gasteiger partial charge is 0.292 e. The van der Waals surface area contributed by atoms with Gasteiger partial charge in [0.15, 0.2) is 0 Å². The first-order valence-electron chi connectivity index (χ1n) is 9.17. The predicted molar refractivity (Wildman–Crippen MR) is 96.2 cm³/mol. The standard InChI is InChI=1S/C18H22N6O3/c1-19-16(25)13-11-24(17(26)15-5-7-21-27-15)10-12(13)14-4-6-20-18(22-14)23-8-2-3-9-23/h4-7,12-13H,2-3,8-11H2,1H3,(H,19,25)/t12-,13-/m1/s1. The molecular formula is C18H22N6O3. The van der Waals surface area contributed by atoms with E-state index in [-0.39, 0.29) is 29.4 Å². The summed E-state index contributed by atoms with van der Waals surface area (Å²) in [7, 11) is 1.61. The van der Waals surface area contributed by atoms with Gasteiger partial charge in [0, 0.05) is 51.4 Å². The molecule has 4 heterocycles. The highest BCUT2D eigenvalue weighted by Gasteiger charge is 2.42. The van der Waals surface area contributed by atoms with Gasteiger partial charge in [-0.15, -0.1) is 0 Å². The lowest BCUT2D eigenvalue weighted by molar-refractivity contribution is -0.124. The fraction of sp³-hybridized carbons (Fsp3) is 0.500. The summed E-state index contributed by atoms with van der Waals surface area (Å²) in [6.45, 7) is 2.60. The molecule has 2 atom stereocenters. The van der Waals surface area contributed by atoms with Gasteiger partial charge in [-0.2, -0.15) is 0 Å². The molecule has 142 valence electrons. The van der Waals surface area contributed by atoms with E-state index >= 15 is 0 Å². The van der Waals surface area contributed by atoms with Crippen LogP contribution in [0.4, 0.5) is 5.95 Å². The second-order valence-electron chi connectivity index (χ2n) is 6.89. The number of carbonyl (C=O) groups excluding carboxylic acids is 2. The molecule has 2 amide bonds. The van der Waals surface area contributed by atoms with Crippen LogP contribution in [0.5, 0.6) is 0 Å². The Morgan fingerprint density at radius 1 is 1.19 bits per heavy atom. The molecule has 0 spiro atoms. The third-order valence-corrected chi connectivity index (χ3v) is 5.27. The Balaban J connectivity index is 1.60. The molecule has 2 aromatic heterocycles. The van der Waals surface area contributed by atoms with Gasteiger partial charge < -0.3 is 19.6 Å². The zero-order valence-electron chi connectivity index (χ0n) is 15.2. The van der Waals surface area contributed by atoms with Crippen LogP contribution in [-0.4, -0.2) is 65.1 Å². The van der Waals surface area contributed by atoms with Gasteiger partial charge in [-0.3, -0.25) is 9.59 Å². The van der Waals surface area contributed by atoms with Crippen LogP contribution in [0.15, 0.2) is 29.0 Å². The van der Waals surface area contributed by atoms with Crippen molar-refractivity contribution in [3.8, 4) is 0 Å². The summed E-state index contributed by atoms with van der Waals surface area (Å²) in [5.41, 5.74) is 0.786. The van der Waals surface area contributed by atoms with Gasteiger partial charge in [-0.25, -0.2) is 9.97 Å². The van der Waals surface area contributed by atoms with Crippen LogP contribution in [0.3, 0.4) is 0 Å². The molecule has 27 heavy (non-hydrogen) atoms. The van der Waals surface area contributed by atoms with Gasteiger partial charge in [-0.05, 0) is 18.9 Å². The van der Waals surface area contributed by atoms with Gasteiger partial charge in [0.1, 0.15) is 0 Å². The lowest BCUT2D eigenvalue weighted by Crippen LogP contribution is -2.33.